The first-order valence-electron chi connectivity index (χ1n) is 7.61. The van der Waals surface area contributed by atoms with Crippen LogP contribution in [0.1, 0.15) is 26.6 Å². The molecule has 1 heterocycles. The van der Waals surface area contributed by atoms with E-state index in [2.05, 4.69) is 20.3 Å². The van der Waals surface area contributed by atoms with E-state index in [1.165, 1.54) is 16.8 Å². The van der Waals surface area contributed by atoms with Gasteiger partial charge in [-0.25, -0.2) is 0 Å². The van der Waals surface area contributed by atoms with Crippen molar-refractivity contribution in [3.05, 3.63) is 30.1 Å². The van der Waals surface area contributed by atoms with Gasteiger partial charge in [-0.1, -0.05) is 0 Å². The van der Waals surface area contributed by atoms with Crippen LogP contribution < -0.4 is 4.74 Å². The van der Waals surface area contributed by atoms with E-state index in [0.29, 0.717) is 24.6 Å². The summed E-state index contributed by atoms with van der Waals surface area (Å²) in [7, 11) is 0. The molecule has 0 bridgehead atoms. The summed E-state index contributed by atoms with van der Waals surface area (Å²) < 4.78 is 30.2. The maximum atomic E-state index is 12.2. The van der Waals surface area contributed by atoms with E-state index in [4.69, 9.17) is 0 Å². The maximum Gasteiger partial charge on any atom is 0.387 e. The second kappa shape index (κ2) is 8.11. The van der Waals surface area contributed by atoms with Crippen LogP contribution in [0, 0.1) is 0 Å². The van der Waals surface area contributed by atoms with Gasteiger partial charge in [0.25, 0.3) is 0 Å². The number of halogens is 2. The minimum Gasteiger partial charge on any atom is -0.435 e. The fourth-order valence-electron chi connectivity index (χ4n) is 2.25. The Morgan fingerprint density at radius 1 is 1.21 bits per heavy atom. The van der Waals surface area contributed by atoms with Crippen LogP contribution in [0.15, 0.2) is 24.3 Å². The molecular formula is C15H21F2N5O2. The van der Waals surface area contributed by atoms with Crippen LogP contribution in [0.5, 0.6) is 5.75 Å². The molecule has 0 aliphatic carbocycles. The first-order valence-corrected chi connectivity index (χ1v) is 7.61. The number of alkyl halides is 2. The Hall–Kier alpha value is -2.13. The molecule has 1 atom stereocenters. The minimum atomic E-state index is -2.86. The summed E-state index contributed by atoms with van der Waals surface area (Å²) in [4.78, 5) is 2.04. The summed E-state index contributed by atoms with van der Waals surface area (Å²) in [5, 5.41) is 21.3. The van der Waals surface area contributed by atoms with E-state index in [1.807, 2.05) is 18.7 Å². The highest BCUT2D eigenvalue weighted by Crippen LogP contribution is 2.18. The lowest BCUT2D eigenvalue weighted by atomic mass is 10.2. The van der Waals surface area contributed by atoms with Crippen molar-refractivity contribution in [2.75, 3.05) is 6.54 Å². The van der Waals surface area contributed by atoms with Gasteiger partial charge >= 0.3 is 6.61 Å². The highest BCUT2D eigenvalue weighted by molar-refractivity contribution is 5.37. The number of nitrogens with zero attached hydrogens (tertiary/aromatic N) is 5. The zero-order chi connectivity index (χ0) is 17.7. The molecule has 0 amide bonds. The SMILES string of the molecule is CC(O)CN(Cc1nnnn1-c1ccc(OC(F)F)cc1)C(C)C. The van der Waals surface area contributed by atoms with Crippen molar-refractivity contribution < 1.29 is 18.6 Å². The van der Waals surface area contributed by atoms with Crippen molar-refractivity contribution in [2.24, 2.45) is 0 Å². The predicted octanol–water partition coefficient (Wildman–Crippen LogP) is 1.85. The molecule has 7 nitrogen and oxygen atoms in total. The largest absolute Gasteiger partial charge is 0.435 e. The van der Waals surface area contributed by atoms with Crippen molar-refractivity contribution in [2.45, 2.75) is 46.1 Å². The molecule has 0 radical (unpaired) electrons. The summed E-state index contributed by atoms with van der Waals surface area (Å²) in [6.07, 6.45) is -0.470. The highest BCUT2D eigenvalue weighted by Gasteiger charge is 2.17. The Balaban J connectivity index is 2.17. The monoisotopic (exact) mass is 341 g/mol. The van der Waals surface area contributed by atoms with E-state index < -0.39 is 12.7 Å². The number of tetrazole rings is 1. The zero-order valence-electron chi connectivity index (χ0n) is 13.8. The molecule has 0 spiro atoms. The van der Waals surface area contributed by atoms with Gasteiger partial charge in [0.15, 0.2) is 5.82 Å². The predicted molar refractivity (Wildman–Crippen MR) is 83.0 cm³/mol. The third kappa shape index (κ3) is 4.93. The van der Waals surface area contributed by atoms with Crippen molar-refractivity contribution in [3.8, 4) is 11.4 Å². The Kier molecular flexibility index (Phi) is 6.16. The fraction of sp³-hybridized carbons (Fsp3) is 0.533. The number of hydrogen-bond acceptors (Lipinski definition) is 6. The van der Waals surface area contributed by atoms with Gasteiger partial charge in [0.05, 0.1) is 18.3 Å². The van der Waals surface area contributed by atoms with Gasteiger partial charge < -0.3 is 9.84 Å². The third-order valence-corrected chi connectivity index (χ3v) is 3.41. The van der Waals surface area contributed by atoms with Crippen molar-refractivity contribution in [1.82, 2.24) is 25.1 Å². The van der Waals surface area contributed by atoms with Crippen molar-refractivity contribution >= 4 is 0 Å². The summed E-state index contributed by atoms with van der Waals surface area (Å²) in [5.41, 5.74) is 0.636. The zero-order valence-corrected chi connectivity index (χ0v) is 13.8. The third-order valence-electron chi connectivity index (χ3n) is 3.41. The quantitative estimate of drug-likeness (QED) is 0.790. The summed E-state index contributed by atoms with van der Waals surface area (Å²) in [6, 6.07) is 6.27. The molecule has 24 heavy (non-hydrogen) atoms. The van der Waals surface area contributed by atoms with Gasteiger partial charge in [-0.3, -0.25) is 4.90 Å². The Labute approximate surface area is 138 Å². The van der Waals surface area contributed by atoms with Gasteiger partial charge in [-0.05, 0) is 55.5 Å². The molecule has 132 valence electrons. The van der Waals surface area contributed by atoms with E-state index in [1.54, 1.807) is 19.1 Å². The Morgan fingerprint density at radius 3 is 2.42 bits per heavy atom. The molecule has 1 aromatic carbocycles. The molecule has 0 aliphatic heterocycles. The molecule has 0 saturated heterocycles. The van der Waals surface area contributed by atoms with Gasteiger partial charge in [-0.2, -0.15) is 13.5 Å². The normalized spacial score (nSPS) is 13.0. The topological polar surface area (TPSA) is 76.3 Å². The number of rotatable bonds is 8. The van der Waals surface area contributed by atoms with Gasteiger partial charge in [0.1, 0.15) is 5.75 Å². The van der Waals surface area contributed by atoms with Crippen molar-refractivity contribution in [3.63, 3.8) is 0 Å². The maximum absolute atomic E-state index is 12.2. The van der Waals surface area contributed by atoms with E-state index >= 15 is 0 Å². The van der Waals surface area contributed by atoms with Crippen LogP contribution in [0.3, 0.4) is 0 Å². The van der Waals surface area contributed by atoms with Crippen LogP contribution in [0.2, 0.25) is 0 Å². The summed E-state index contributed by atoms with van der Waals surface area (Å²) in [6.45, 7) is 3.84. The second-order valence-corrected chi connectivity index (χ2v) is 5.75. The van der Waals surface area contributed by atoms with E-state index in [-0.39, 0.29) is 11.8 Å². The lowest BCUT2D eigenvalue weighted by molar-refractivity contribution is -0.0498. The van der Waals surface area contributed by atoms with Crippen molar-refractivity contribution in [1.29, 1.82) is 0 Å². The number of hydrogen-bond donors (Lipinski definition) is 1. The van der Waals surface area contributed by atoms with E-state index in [0.717, 1.165) is 0 Å². The number of aromatic nitrogens is 4. The molecular weight excluding hydrogens is 320 g/mol. The van der Waals surface area contributed by atoms with Crippen LogP contribution >= 0.6 is 0 Å². The average molecular weight is 341 g/mol. The molecule has 0 fully saturated rings. The number of ether oxygens (including phenoxy) is 1. The van der Waals surface area contributed by atoms with Crippen LogP contribution in [0.4, 0.5) is 8.78 Å². The number of benzene rings is 1. The summed E-state index contributed by atoms with van der Waals surface area (Å²) >= 11 is 0. The molecule has 1 unspecified atom stereocenters. The molecule has 1 aromatic heterocycles. The molecule has 2 rings (SSSR count). The fourth-order valence-corrected chi connectivity index (χ4v) is 2.25. The average Bonchev–Trinajstić information content (AvgIpc) is 2.94. The van der Waals surface area contributed by atoms with Crippen LogP contribution in [-0.4, -0.2) is 55.5 Å². The first kappa shape index (κ1) is 18.2. The summed E-state index contributed by atoms with van der Waals surface area (Å²) in [5.74, 6) is 0.660. The molecule has 0 saturated carbocycles. The number of aliphatic hydroxyl groups excluding tert-OH is 1. The van der Waals surface area contributed by atoms with Crippen LogP contribution in [-0.2, 0) is 6.54 Å². The second-order valence-electron chi connectivity index (χ2n) is 5.75. The Bertz CT molecular complexity index is 631. The molecule has 9 heteroatoms. The molecule has 1 N–H and O–H groups in total. The smallest absolute Gasteiger partial charge is 0.387 e. The molecule has 2 aromatic rings. The van der Waals surface area contributed by atoms with Gasteiger partial charge in [0, 0.05) is 12.6 Å². The minimum absolute atomic E-state index is 0.0706. The molecule has 0 aliphatic rings. The van der Waals surface area contributed by atoms with Gasteiger partial charge in [0.2, 0.25) is 0 Å². The number of aliphatic hydroxyl groups is 1. The standard InChI is InChI=1S/C15H21F2N5O2/c1-10(2)21(8-11(3)23)9-14-18-19-20-22(14)12-4-6-13(7-5-12)24-15(16)17/h4-7,10-11,15,23H,8-9H2,1-3H3. The van der Waals surface area contributed by atoms with E-state index in [9.17, 15) is 13.9 Å². The Morgan fingerprint density at radius 2 is 1.88 bits per heavy atom. The highest BCUT2D eigenvalue weighted by atomic mass is 19.3. The van der Waals surface area contributed by atoms with Crippen LogP contribution in [0.25, 0.3) is 5.69 Å². The lowest BCUT2D eigenvalue weighted by Crippen LogP contribution is -2.36. The van der Waals surface area contributed by atoms with Gasteiger partial charge in [-0.15, -0.1) is 5.10 Å². The lowest BCUT2D eigenvalue weighted by Gasteiger charge is -2.26. The first-order chi connectivity index (χ1) is 11.4.